The van der Waals surface area contributed by atoms with Crippen LogP contribution >= 0.6 is 0 Å². The van der Waals surface area contributed by atoms with E-state index >= 15 is 0 Å². The van der Waals surface area contributed by atoms with E-state index in [-0.39, 0.29) is 0 Å². The van der Waals surface area contributed by atoms with Crippen molar-refractivity contribution in [2.24, 2.45) is 0 Å². The largest absolute Gasteiger partial charge is 0.378 e. The number of nitrogens with one attached hydrogen (secondary N) is 1. The topological polar surface area (TPSA) is 59.0 Å². The van der Waals surface area contributed by atoms with Crippen molar-refractivity contribution in [1.82, 2.24) is 19.5 Å². The second kappa shape index (κ2) is 7.56. The normalized spacial score (nSPS) is 14.5. The first-order valence-corrected chi connectivity index (χ1v) is 10.6. The summed E-state index contributed by atoms with van der Waals surface area (Å²) in [4.78, 5) is 15.0. The molecule has 4 aromatic heterocycles. The Labute approximate surface area is 180 Å². The fourth-order valence-corrected chi connectivity index (χ4v) is 4.46. The zero-order chi connectivity index (χ0) is 20.6. The van der Waals surface area contributed by atoms with E-state index in [0.29, 0.717) is 0 Å². The molecular weight excluding hydrogens is 386 g/mol. The third-order valence-corrected chi connectivity index (χ3v) is 6.03. The summed E-state index contributed by atoms with van der Waals surface area (Å²) in [5.41, 5.74) is 5.68. The summed E-state index contributed by atoms with van der Waals surface area (Å²) in [6.07, 6.45) is 7.85. The van der Waals surface area contributed by atoms with Gasteiger partial charge in [-0.3, -0.25) is 4.98 Å². The summed E-state index contributed by atoms with van der Waals surface area (Å²) in [6.45, 7) is 3.98. The van der Waals surface area contributed by atoms with Gasteiger partial charge in [0.15, 0.2) is 0 Å². The monoisotopic (exact) mass is 409 g/mol. The molecule has 0 radical (unpaired) electrons. The molecule has 0 unspecified atom stereocenters. The molecule has 154 valence electrons. The van der Waals surface area contributed by atoms with Gasteiger partial charge in [0, 0.05) is 66.3 Å². The van der Waals surface area contributed by atoms with Crippen LogP contribution in [-0.2, 0) is 11.3 Å². The lowest BCUT2D eigenvalue weighted by Gasteiger charge is -2.29. The average molecular weight is 409 g/mol. The van der Waals surface area contributed by atoms with Crippen molar-refractivity contribution in [3.63, 3.8) is 0 Å². The molecule has 1 saturated heterocycles. The third-order valence-electron chi connectivity index (χ3n) is 6.03. The molecule has 0 aliphatic carbocycles. The Morgan fingerprint density at radius 1 is 0.968 bits per heavy atom. The van der Waals surface area contributed by atoms with Crippen molar-refractivity contribution in [2.75, 3.05) is 31.2 Å². The zero-order valence-electron chi connectivity index (χ0n) is 17.2. The van der Waals surface area contributed by atoms with Crippen LogP contribution < -0.4 is 4.90 Å². The summed E-state index contributed by atoms with van der Waals surface area (Å²) in [5, 5.41) is 2.37. The number of aromatic nitrogens is 4. The number of morpholine rings is 1. The minimum absolute atomic E-state index is 0.735. The van der Waals surface area contributed by atoms with Crippen molar-refractivity contribution in [3.05, 3.63) is 78.9 Å². The minimum Gasteiger partial charge on any atom is -0.378 e. The predicted molar refractivity (Wildman–Crippen MR) is 123 cm³/mol. The molecule has 1 fully saturated rings. The summed E-state index contributed by atoms with van der Waals surface area (Å²) in [6, 6.07) is 17.0. The Morgan fingerprint density at radius 2 is 1.84 bits per heavy atom. The number of hydrogen-bond donors (Lipinski definition) is 1. The van der Waals surface area contributed by atoms with Crippen molar-refractivity contribution >= 4 is 27.6 Å². The van der Waals surface area contributed by atoms with E-state index in [9.17, 15) is 0 Å². The average Bonchev–Trinajstić information content (AvgIpc) is 3.47. The van der Waals surface area contributed by atoms with Gasteiger partial charge >= 0.3 is 0 Å². The number of ether oxygens (including phenoxy) is 1. The van der Waals surface area contributed by atoms with Gasteiger partial charge in [0.25, 0.3) is 0 Å². The van der Waals surface area contributed by atoms with Gasteiger partial charge in [-0.15, -0.1) is 0 Å². The molecule has 0 atom stereocenters. The van der Waals surface area contributed by atoms with Gasteiger partial charge in [-0.05, 0) is 42.0 Å². The van der Waals surface area contributed by atoms with Crippen molar-refractivity contribution < 1.29 is 4.74 Å². The van der Waals surface area contributed by atoms with E-state index in [4.69, 9.17) is 9.72 Å². The molecule has 6 nitrogen and oxygen atoms in total. The van der Waals surface area contributed by atoms with E-state index in [1.165, 1.54) is 21.9 Å². The number of H-pyrrole nitrogens is 1. The molecule has 1 aliphatic rings. The fourth-order valence-electron chi connectivity index (χ4n) is 4.46. The van der Waals surface area contributed by atoms with Gasteiger partial charge in [0.2, 0.25) is 0 Å². The molecule has 0 amide bonds. The molecule has 31 heavy (non-hydrogen) atoms. The van der Waals surface area contributed by atoms with Crippen LogP contribution in [0.2, 0.25) is 0 Å². The molecule has 1 aromatic carbocycles. The second-order valence-corrected chi connectivity index (χ2v) is 7.91. The standard InChI is InChI=1S/C25H23N5O/c1-2-19(20-6-10-27-22(20)3-1)23-16-24-21(25(28-23)29-12-14-31-15-13-29)7-11-30(24)17-18-4-8-26-9-5-18/h1-11,16,27H,12-15,17H2. The van der Waals surface area contributed by atoms with E-state index in [1.807, 2.05) is 18.6 Å². The van der Waals surface area contributed by atoms with Gasteiger partial charge in [-0.1, -0.05) is 12.1 Å². The van der Waals surface area contributed by atoms with E-state index in [0.717, 1.165) is 55.4 Å². The van der Waals surface area contributed by atoms with Crippen molar-refractivity contribution in [3.8, 4) is 11.3 Å². The maximum Gasteiger partial charge on any atom is 0.138 e. The molecule has 5 aromatic rings. The lowest BCUT2D eigenvalue weighted by molar-refractivity contribution is 0.122. The van der Waals surface area contributed by atoms with Crippen molar-refractivity contribution in [1.29, 1.82) is 0 Å². The van der Waals surface area contributed by atoms with Crippen LogP contribution in [0.3, 0.4) is 0 Å². The van der Waals surface area contributed by atoms with Crippen LogP contribution in [0.25, 0.3) is 33.1 Å². The fraction of sp³-hybridized carbons (Fsp3) is 0.200. The highest BCUT2D eigenvalue weighted by atomic mass is 16.5. The zero-order valence-corrected chi connectivity index (χ0v) is 17.2. The number of pyridine rings is 2. The van der Waals surface area contributed by atoms with Crippen LogP contribution in [0.1, 0.15) is 5.56 Å². The number of aromatic amines is 1. The Balaban J connectivity index is 1.55. The van der Waals surface area contributed by atoms with Crippen LogP contribution in [-0.4, -0.2) is 45.8 Å². The molecule has 0 bridgehead atoms. The lowest BCUT2D eigenvalue weighted by Crippen LogP contribution is -2.36. The number of fused-ring (bicyclic) bond motifs is 2. The predicted octanol–water partition coefficient (Wildman–Crippen LogP) is 4.46. The molecule has 5 heterocycles. The number of anilines is 1. The van der Waals surface area contributed by atoms with Gasteiger partial charge < -0.3 is 19.2 Å². The SMILES string of the molecule is c1cc(-c2cc3c(ccn3Cc3ccncc3)c(N3CCOCC3)n2)c2cc[nH]c2c1. The number of hydrogen-bond acceptors (Lipinski definition) is 4. The van der Waals surface area contributed by atoms with Gasteiger partial charge in [0.05, 0.1) is 24.4 Å². The number of benzene rings is 1. The quantitative estimate of drug-likeness (QED) is 0.476. The van der Waals surface area contributed by atoms with Crippen LogP contribution in [0, 0.1) is 0 Å². The Morgan fingerprint density at radius 3 is 2.71 bits per heavy atom. The minimum atomic E-state index is 0.735. The van der Waals surface area contributed by atoms with Crippen LogP contribution in [0.5, 0.6) is 0 Å². The smallest absolute Gasteiger partial charge is 0.138 e. The molecule has 1 N–H and O–H groups in total. The molecule has 0 spiro atoms. The first-order chi connectivity index (χ1) is 15.4. The molecular formula is C25H23N5O. The van der Waals surface area contributed by atoms with Crippen LogP contribution in [0.15, 0.2) is 73.3 Å². The summed E-state index contributed by atoms with van der Waals surface area (Å²) < 4.78 is 7.90. The molecule has 6 rings (SSSR count). The highest BCUT2D eigenvalue weighted by Crippen LogP contribution is 2.34. The molecule has 0 saturated carbocycles. The van der Waals surface area contributed by atoms with Crippen LogP contribution in [0.4, 0.5) is 5.82 Å². The lowest BCUT2D eigenvalue weighted by atomic mass is 10.1. The maximum absolute atomic E-state index is 5.59. The maximum atomic E-state index is 5.59. The van der Waals surface area contributed by atoms with Gasteiger partial charge in [-0.2, -0.15) is 0 Å². The second-order valence-electron chi connectivity index (χ2n) is 7.91. The van der Waals surface area contributed by atoms with Gasteiger partial charge in [0.1, 0.15) is 5.82 Å². The number of nitrogens with zero attached hydrogens (tertiary/aromatic N) is 4. The number of rotatable bonds is 4. The van der Waals surface area contributed by atoms with Crippen molar-refractivity contribution in [2.45, 2.75) is 6.54 Å². The summed E-state index contributed by atoms with van der Waals surface area (Å²) in [5.74, 6) is 1.04. The molecule has 6 heteroatoms. The van der Waals surface area contributed by atoms with Gasteiger partial charge in [-0.25, -0.2) is 4.98 Å². The Bertz CT molecular complexity index is 1350. The molecule has 1 aliphatic heterocycles. The van der Waals surface area contributed by atoms with E-state index < -0.39 is 0 Å². The van der Waals surface area contributed by atoms with E-state index in [2.05, 4.69) is 74.2 Å². The van der Waals surface area contributed by atoms with E-state index in [1.54, 1.807) is 0 Å². The Kier molecular flexibility index (Phi) is 4.43. The third kappa shape index (κ3) is 3.25. The summed E-state index contributed by atoms with van der Waals surface area (Å²) in [7, 11) is 0. The summed E-state index contributed by atoms with van der Waals surface area (Å²) >= 11 is 0. The highest BCUT2D eigenvalue weighted by Gasteiger charge is 2.19. The highest BCUT2D eigenvalue weighted by molar-refractivity contribution is 5.99. The Hall–Kier alpha value is -3.64. The first-order valence-electron chi connectivity index (χ1n) is 10.6. The first kappa shape index (κ1) is 18.2.